The summed E-state index contributed by atoms with van der Waals surface area (Å²) in [5.41, 5.74) is 27.5. The van der Waals surface area contributed by atoms with Gasteiger partial charge in [0.05, 0.1) is 35.0 Å². The van der Waals surface area contributed by atoms with Crippen LogP contribution in [0.1, 0.15) is 35.1 Å². The van der Waals surface area contributed by atoms with E-state index in [-0.39, 0.29) is 37.6 Å². The second-order valence-corrected chi connectivity index (χ2v) is 14.5. The van der Waals surface area contributed by atoms with E-state index in [0.717, 1.165) is 73.7 Å². The van der Waals surface area contributed by atoms with Gasteiger partial charge in [0, 0.05) is 68.2 Å². The van der Waals surface area contributed by atoms with Crippen LogP contribution < -0.4 is 48.0 Å². The fourth-order valence-electron chi connectivity index (χ4n) is 6.22. The second kappa shape index (κ2) is 15.4. The van der Waals surface area contributed by atoms with Gasteiger partial charge in [-0.15, -0.1) is 0 Å². The van der Waals surface area contributed by atoms with Crippen molar-refractivity contribution in [1.29, 1.82) is 0 Å². The third kappa shape index (κ3) is 8.51. The quantitative estimate of drug-likeness (QED) is 0.216. The Kier molecular flexibility index (Phi) is 11.4. The normalized spacial score (nSPS) is 18.2. The Morgan fingerprint density at radius 1 is 0.627 bits per heavy atom. The smallest absolute Gasteiger partial charge is 0.399 e. The highest BCUT2D eigenvalue weighted by molar-refractivity contribution is 9.10. The molecule has 14 nitrogen and oxygen atoms in total. The third-order valence-corrected chi connectivity index (χ3v) is 10.3. The Bertz CT molecular complexity index is 1780. The Morgan fingerprint density at radius 2 is 1.04 bits per heavy atom. The van der Waals surface area contributed by atoms with Crippen LogP contribution in [0.3, 0.4) is 0 Å². The zero-order valence-corrected chi connectivity index (χ0v) is 30.7. The van der Waals surface area contributed by atoms with Crippen LogP contribution in [0.2, 0.25) is 0 Å². The molecule has 0 saturated carbocycles. The van der Waals surface area contributed by atoms with Gasteiger partial charge in [-0.1, -0.05) is 41.6 Å². The Hall–Kier alpha value is -4.54. The number of aromatic nitrogens is 4. The standard InChI is InChI=1S/C20H29BN6O2.C14H17BrN6.CH4/c1-19(2)20(3,4)29-21(28-19)14-6-5-7-15(12-14)26-8-10-27(11-9-26)16-13-24-18(23)25-17(16)22;15-10-2-1-3-11(8-10)20-4-6-21(7-5-20)12-9-18-14(17)19-13(12)16;/h5-7,12-13H,8-11H2,1-4H3,(H4,22,23,24,25);1-3,8-9H,4-7H2,(H4,16,17,18,19);1H4. The van der Waals surface area contributed by atoms with Crippen LogP contribution in [0.25, 0.3) is 0 Å². The zero-order chi connectivity index (χ0) is 35.6. The molecule has 0 bridgehead atoms. The third-order valence-electron chi connectivity index (χ3n) is 9.81. The number of piperazine rings is 2. The lowest BCUT2D eigenvalue weighted by atomic mass is 9.79. The molecule has 2 aromatic carbocycles. The summed E-state index contributed by atoms with van der Waals surface area (Å²) in [6.07, 6.45) is 3.40. The van der Waals surface area contributed by atoms with Crippen molar-refractivity contribution in [2.75, 3.05) is 94.9 Å². The zero-order valence-electron chi connectivity index (χ0n) is 29.1. The van der Waals surface area contributed by atoms with E-state index in [2.05, 4.69) is 126 Å². The summed E-state index contributed by atoms with van der Waals surface area (Å²) in [6, 6.07) is 16.8. The van der Waals surface area contributed by atoms with E-state index in [0.29, 0.717) is 11.6 Å². The number of nitrogens with zero attached hydrogens (tertiary/aromatic N) is 8. The summed E-state index contributed by atoms with van der Waals surface area (Å²) in [4.78, 5) is 25.3. The van der Waals surface area contributed by atoms with Gasteiger partial charge in [-0.3, -0.25) is 0 Å². The number of rotatable bonds is 5. The minimum atomic E-state index is -0.354. The van der Waals surface area contributed by atoms with E-state index in [1.165, 1.54) is 11.4 Å². The van der Waals surface area contributed by atoms with Gasteiger partial charge >= 0.3 is 7.12 Å². The molecule has 3 aliphatic heterocycles. The lowest BCUT2D eigenvalue weighted by molar-refractivity contribution is 0.00578. The molecule has 51 heavy (non-hydrogen) atoms. The molecule has 5 heterocycles. The number of hydrogen-bond acceptors (Lipinski definition) is 14. The summed E-state index contributed by atoms with van der Waals surface area (Å²) in [6.45, 7) is 15.3. The van der Waals surface area contributed by atoms with Gasteiger partial charge < -0.3 is 51.8 Å². The van der Waals surface area contributed by atoms with Crippen molar-refractivity contribution in [2.45, 2.75) is 46.3 Å². The maximum absolute atomic E-state index is 6.20. The maximum Gasteiger partial charge on any atom is 0.494 e. The minimum Gasteiger partial charge on any atom is -0.399 e. The van der Waals surface area contributed by atoms with E-state index in [1.807, 2.05) is 6.07 Å². The molecule has 8 N–H and O–H groups in total. The van der Waals surface area contributed by atoms with Gasteiger partial charge in [-0.05, 0) is 63.5 Å². The molecule has 3 saturated heterocycles. The Morgan fingerprint density at radius 3 is 1.47 bits per heavy atom. The van der Waals surface area contributed by atoms with Crippen molar-refractivity contribution in [3.8, 4) is 0 Å². The predicted octanol–water partition coefficient (Wildman–Crippen LogP) is 3.63. The molecule has 3 aliphatic rings. The number of nitrogen functional groups attached to an aromatic ring is 4. The van der Waals surface area contributed by atoms with Gasteiger partial charge in [0.15, 0.2) is 11.6 Å². The second-order valence-electron chi connectivity index (χ2n) is 13.6. The van der Waals surface area contributed by atoms with Crippen LogP contribution in [-0.4, -0.2) is 90.6 Å². The van der Waals surface area contributed by atoms with Crippen molar-refractivity contribution in [3.05, 3.63) is 65.4 Å². The average Bonchev–Trinajstić information content (AvgIpc) is 3.31. The van der Waals surface area contributed by atoms with Crippen LogP contribution in [0.15, 0.2) is 65.4 Å². The van der Waals surface area contributed by atoms with E-state index < -0.39 is 0 Å². The molecule has 0 amide bonds. The lowest BCUT2D eigenvalue weighted by Gasteiger charge is -2.37. The molecule has 2 aromatic heterocycles. The van der Waals surface area contributed by atoms with Crippen molar-refractivity contribution in [1.82, 2.24) is 19.9 Å². The summed E-state index contributed by atoms with van der Waals surface area (Å²) < 4.78 is 13.5. The summed E-state index contributed by atoms with van der Waals surface area (Å²) in [5.74, 6) is 1.28. The first-order chi connectivity index (χ1) is 23.8. The van der Waals surface area contributed by atoms with E-state index in [4.69, 9.17) is 32.2 Å². The van der Waals surface area contributed by atoms with Crippen LogP contribution in [0.5, 0.6) is 0 Å². The summed E-state index contributed by atoms with van der Waals surface area (Å²) >= 11 is 3.51. The molecule has 7 rings (SSSR count). The maximum atomic E-state index is 6.20. The number of benzene rings is 2. The van der Waals surface area contributed by atoms with Crippen molar-refractivity contribution in [2.24, 2.45) is 0 Å². The van der Waals surface area contributed by atoms with Crippen molar-refractivity contribution >= 4 is 74.8 Å². The molecule has 3 fully saturated rings. The van der Waals surface area contributed by atoms with E-state index in [9.17, 15) is 0 Å². The summed E-state index contributed by atoms with van der Waals surface area (Å²) in [7, 11) is -0.354. The topological polar surface area (TPSA) is 187 Å². The molecule has 0 unspecified atom stereocenters. The SMILES string of the molecule is C.CC1(C)OB(c2cccc(N3CCN(c4cnc(N)nc4N)CC3)c2)OC1(C)C.Nc1ncc(N2CCN(c3cccc(Br)c3)CC2)c(N)n1. The highest BCUT2D eigenvalue weighted by atomic mass is 79.9. The Balaban J connectivity index is 0.000000204. The largest absolute Gasteiger partial charge is 0.494 e. The number of hydrogen-bond donors (Lipinski definition) is 4. The highest BCUT2D eigenvalue weighted by Crippen LogP contribution is 2.37. The average molecular weight is 762 g/mol. The summed E-state index contributed by atoms with van der Waals surface area (Å²) in [5, 5.41) is 0. The molecule has 272 valence electrons. The van der Waals surface area contributed by atoms with Crippen molar-refractivity contribution < 1.29 is 9.31 Å². The fraction of sp³-hybridized carbons (Fsp3) is 0.429. The first-order valence-electron chi connectivity index (χ1n) is 16.8. The molecule has 0 atom stereocenters. The van der Waals surface area contributed by atoms with Crippen LogP contribution in [0, 0.1) is 0 Å². The van der Waals surface area contributed by atoms with Gasteiger partial charge in [-0.2, -0.15) is 9.97 Å². The van der Waals surface area contributed by atoms with E-state index in [1.54, 1.807) is 12.4 Å². The molecule has 0 aliphatic carbocycles. The van der Waals surface area contributed by atoms with Crippen LogP contribution in [-0.2, 0) is 9.31 Å². The van der Waals surface area contributed by atoms with Gasteiger partial charge in [0.1, 0.15) is 0 Å². The van der Waals surface area contributed by atoms with E-state index >= 15 is 0 Å². The first-order valence-corrected chi connectivity index (χ1v) is 17.6. The molecule has 0 radical (unpaired) electrons. The van der Waals surface area contributed by atoms with Crippen LogP contribution >= 0.6 is 15.9 Å². The number of nitrogens with two attached hydrogens (primary N) is 4. The molecular weight excluding hydrogens is 711 g/mol. The Labute approximate surface area is 309 Å². The van der Waals surface area contributed by atoms with Gasteiger partial charge in [0.2, 0.25) is 11.9 Å². The number of halogens is 1. The fourth-order valence-corrected chi connectivity index (χ4v) is 6.61. The minimum absolute atomic E-state index is 0. The molecule has 4 aromatic rings. The molecule has 0 spiro atoms. The van der Waals surface area contributed by atoms with Gasteiger partial charge in [0.25, 0.3) is 0 Å². The first kappa shape index (κ1) is 37.7. The predicted molar refractivity (Wildman–Crippen MR) is 214 cm³/mol. The van der Waals surface area contributed by atoms with Crippen molar-refractivity contribution in [3.63, 3.8) is 0 Å². The molecular formula is C35H50BBrN12O2. The highest BCUT2D eigenvalue weighted by Gasteiger charge is 2.51. The van der Waals surface area contributed by atoms with Crippen LogP contribution in [0.4, 0.5) is 46.3 Å². The monoisotopic (exact) mass is 760 g/mol. The number of anilines is 8. The lowest BCUT2D eigenvalue weighted by Crippen LogP contribution is -2.47. The van der Waals surface area contributed by atoms with Gasteiger partial charge in [-0.25, -0.2) is 9.97 Å². The molecule has 16 heteroatoms.